The standard InChI is InChI=1S/C10H7F2N2S/c11-7-1-3-9(4-2-7)15-10-13-5-8(12)6-14-10/h1-6,13H. The van der Waals surface area contributed by atoms with Crippen molar-refractivity contribution in [1.82, 2.24) is 5.32 Å². The molecule has 0 aromatic heterocycles. The number of hydrogen-bond donors (Lipinski definition) is 1. The second kappa shape index (κ2) is 4.44. The predicted molar refractivity (Wildman–Crippen MR) is 56.3 cm³/mol. The van der Waals surface area contributed by atoms with Crippen LogP contribution < -0.4 is 5.32 Å². The average molecular weight is 225 g/mol. The molecule has 0 atom stereocenters. The van der Waals surface area contributed by atoms with E-state index in [2.05, 4.69) is 10.3 Å². The number of thioether (sulfide) groups is 1. The zero-order valence-corrected chi connectivity index (χ0v) is 8.39. The molecule has 1 aromatic carbocycles. The molecule has 0 bridgehead atoms. The number of rotatable bonds is 2. The van der Waals surface area contributed by atoms with Crippen molar-refractivity contribution in [3.05, 3.63) is 47.6 Å². The molecule has 1 N–H and O–H groups in total. The summed E-state index contributed by atoms with van der Waals surface area (Å²) in [5.74, 6) is -0.700. The van der Waals surface area contributed by atoms with Crippen LogP contribution in [0.4, 0.5) is 8.78 Å². The Hall–Kier alpha value is -1.36. The Morgan fingerprint density at radius 3 is 2.47 bits per heavy atom. The first-order chi connectivity index (χ1) is 7.24. The third kappa shape index (κ3) is 2.79. The van der Waals surface area contributed by atoms with Gasteiger partial charge in [-0.2, -0.15) is 0 Å². The van der Waals surface area contributed by atoms with Gasteiger partial charge in [-0.25, -0.2) is 13.8 Å². The molecule has 0 amide bonds. The molecule has 1 aliphatic heterocycles. The Kier molecular flexibility index (Phi) is 3.01. The third-order valence-electron chi connectivity index (χ3n) is 1.67. The van der Waals surface area contributed by atoms with Gasteiger partial charge in [-0.1, -0.05) is 11.8 Å². The molecule has 2 nitrogen and oxygen atoms in total. The van der Waals surface area contributed by atoms with Crippen LogP contribution in [0, 0.1) is 11.3 Å². The summed E-state index contributed by atoms with van der Waals surface area (Å²) in [5.41, 5.74) is 0.558. The fourth-order valence-corrected chi connectivity index (χ4v) is 1.71. The van der Waals surface area contributed by atoms with Gasteiger partial charge in [0, 0.05) is 11.1 Å². The van der Waals surface area contributed by atoms with E-state index in [9.17, 15) is 8.78 Å². The summed E-state index contributed by atoms with van der Waals surface area (Å²) in [5, 5.41) is 2.68. The number of hydrogen-bond acceptors (Lipinski definition) is 3. The first-order valence-electron chi connectivity index (χ1n) is 4.21. The molecule has 0 saturated heterocycles. The molecule has 0 fully saturated rings. The van der Waals surface area contributed by atoms with Gasteiger partial charge < -0.3 is 5.32 Å². The number of allylic oxidation sites excluding steroid dienone is 1. The second-order valence-corrected chi connectivity index (χ2v) is 3.86. The largest absolute Gasteiger partial charge is 0.352 e. The lowest BCUT2D eigenvalue weighted by molar-refractivity contribution is 0.626. The van der Waals surface area contributed by atoms with Gasteiger partial charge in [0.25, 0.3) is 0 Å². The van der Waals surface area contributed by atoms with Gasteiger partial charge in [-0.15, -0.1) is 0 Å². The van der Waals surface area contributed by atoms with Crippen LogP contribution in [0.15, 0.2) is 46.2 Å². The van der Waals surface area contributed by atoms with E-state index < -0.39 is 5.83 Å². The molecule has 0 saturated carbocycles. The second-order valence-electron chi connectivity index (χ2n) is 2.79. The highest BCUT2D eigenvalue weighted by atomic mass is 32.2. The van der Waals surface area contributed by atoms with Crippen molar-refractivity contribution in [2.45, 2.75) is 4.90 Å². The maximum absolute atomic E-state index is 12.6. The number of benzene rings is 1. The molecule has 1 aromatic rings. The maximum Gasteiger partial charge on any atom is 0.236 e. The predicted octanol–water partition coefficient (Wildman–Crippen LogP) is 2.85. The van der Waals surface area contributed by atoms with Gasteiger partial charge >= 0.3 is 0 Å². The van der Waals surface area contributed by atoms with Gasteiger partial charge in [-0.3, -0.25) is 0 Å². The number of halogens is 2. The monoisotopic (exact) mass is 225 g/mol. The summed E-state index contributed by atoms with van der Waals surface area (Å²) in [7, 11) is 0. The zero-order chi connectivity index (χ0) is 10.7. The van der Waals surface area contributed by atoms with Gasteiger partial charge in [0.15, 0.2) is 5.83 Å². The molecule has 15 heavy (non-hydrogen) atoms. The van der Waals surface area contributed by atoms with Crippen molar-refractivity contribution >= 4 is 18.0 Å². The highest BCUT2D eigenvalue weighted by Gasteiger charge is 2.11. The lowest BCUT2D eigenvalue weighted by Gasteiger charge is -2.12. The minimum atomic E-state index is -0.418. The minimum absolute atomic E-state index is 0.282. The molecule has 0 spiro atoms. The quantitative estimate of drug-likeness (QED) is 0.837. The number of nitrogens with zero attached hydrogens (tertiary/aromatic N) is 1. The third-order valence-corrected chi connectivity index (χ3v) is 2.59. The molecule has 77 valence electrons. The van der Waals surface area contributed by atoms with Crippen LogP contribution in [0.5, 0.6) is 0 Å². The molecular formula is C10H7F2N2S. The van der Waals surface area contributed by atoms with Crippen molar-refractivity contribution in [3.8, 4) is 0 Å². The molecule has 1 radical (unpaired) electrons. The average Bonchev–Trinajstić information content (AvgIpc) is 2.25. The van der Waals surface area contributed by atoms with Crippen molar-refractivity contribution in [3.63, 3.8) is 0 Å². The van der Waals surface area contributed by atoms with Crippen molar-refractivity contribution in [2.24, 2.45) is 4.99 Å². The first kappa shape index (κ1) is 10.2. The lowest BCUT2D eigenvalue weighted by Crippen LogP contribution is -2.13. The number of aliphatic imine (C=N–C) groups is 1. The van der Waals surface area contributed by atoms with E-state index in [1.807, 2.05) is 0 Å². The smallest absolute Gasteiger partial charge is 0.236 e. The van der Waals surface area contributed by atoms with Crippen LogP contribution in [-0.4, -0.2) is 6.21 Å². The van der Waals surface area contributed by atoms with Crippen LogP contribution in [0.25, 0.3) is 0 Å². The molecular weight excluding hydrogens is 218 g/mol. The van der Waals surface area contributed by atoms with E-state index in [1.165, 1.54) is 30.1 Å². The lowest BCUT2D eigenvalue weighted by atomic mass is 10.4. The summed E-state index contributed by atoms with van der Waals surface area (Å²) in [6.07, 6.45) is 2.35. The van der Waals surface area contributed by atoms with Gasteiger partial charge in [0.1, 0.15) is 5.82 Å². The van der Waals surface area contributed by atoms with Gasteiger partial charge in [0.05, 0.1) is 6.21 Å². The Balaban J connectivity index is 1.99. The van der Waals surface area contributed by atoms with Gasteiger partial charge in [-0.05, 0) is 24.3 Å². The van der Waals surface area contributed by atoms with Crippen LogP contribution in [0.1, 0.15) is 0 Å². The van der Waals surface area contributed by atoms with Crippen molar-refractivity contribution < 1.29 is 8.78 Å². The molecule has 2 rings (SSSR count). The summed E-state index contributed by atoms with van der Waals surface area (Å²) < 4.78 is 25.1. The SMILES string of the molecule is FC1=CN[C](Sc2ccc(F)cc2)N=C1. The topological polar surface area (TPSA) is 24.4 Å². The minimum Gasteiger partial charge on any atom is -0.352 e. The highest BCUT2D eigenvalue weighted by Crippen LogP contribution is 2.29. The first-order valence-corrected chi connectivity index (χ1v) is 5.02. The van der Waals surface area contributed by atoms with Crippen molar-refractivity contribution in [2.75, 3.05) is 0 Å². The van der Waals surface area contributed by atoms with E-state index in [1.54, 1.807) is 12.1 Å². The Labute approximate surface area is 90.1 Å². The molecule has 5 heteroatoms. The summed E-state index contributed by atoms with van der Waals surface area (Å²) in [6, 6.07) is 6.01. The zero-order valence-electron chi connectivity index (χ0n) is 7.58. The molecule has 1 heterocycles. The van der Waals surface area contributed by atoms with Crippen LogP contribution in [-0.2, 0) is 0 Å². The van der Waals surface area contributed by atoms with E-state index in [-0.39, 0.29) is 5.82 Å². The van der Waals surface area contributed by atoms with E-state index >= 15 is 0 Å². The fourth-order valence-electron chi connectivity index (χ4n) is 0.996. The molecule has 0 aliphatic carbocycles. The van der Waals surface area contributed by atoms with Crippen LogP contribution in [0.3, 0.4) is 0 Å². The van der Waals surface area contributed by atoms with Crippen LogP contribution in [0.2, 0.25) is 0 Å². The Morgan fingerprint density at radius 1 is 1.13 bits per heavy atom. The fraction of sp³-hybridized carbons (Fsp3) is 0. The van der Waals surface area contributed by atoms with Crippen molar-refractivity contribution in [1.29, 1.82) is 0 Å². The molecule has 1 aliphatic rings. The van der Waals surface area contributed by atoms with E-state index in [0.29, 0.717) is 5.50 Å². The highest BCUT2D eigenvalue weighted by molar-refractivity contribution is 8.02. The molecule has 0 unspecified atom stereocenters. The Bertz CT molecular complexity index is 400. The maximum atomic E-state index is 12.6. The van der Waals surface area contributed by atoms with Gasteiger partial charge in [0.2, 0.25) is 5.50 Å². The summed E-state index contributed by atoms with van der Waals surface area (Å²) in [6.45, 7) is 0. The summed E-state index contributed by atoms with van der Waals surface area (Å²) in [4.78, 5) is 4.67. The Morgan fingerprint density at radius 2 is 1.87 bits per heavy atom. The van der Waals surface area contributed by atoms with E-state index in [4.69, 9.17) is 0 Å². The van der Waals surface area contributed by atoms with Crippen LogP contribution >= 0.6 is 11.8 Å². The number of nitrogens with one attached hydrogen (secondary N) is 1. The van der Waals surface area contributed by atoms with E-state index in [0.717, 1.165) is 11.1 Å². The summed E-state index contributed by atoms with van der Waals surface area (Å²) >= 11 is 1.30. The normalized spacial score (nSPS) is 16.0.